The van der Waals surface area contributed by atoms with E-state index in [1.165, 1.54) is 12.5 Å². The van der Waals surface area contributed by atoms with Crippen LogP contribution in [0.1, 0.15) is 38.5 Å². The number of aliphatic hydroxyl groups is 1. The van der Waals surface area contributed by atoms with Crippen molar-refractivity contribution in [2.45, 2.75) is 44.1 Å². The predicted molar refractivity (Wildman–Crippen MR) is 47.2 cm³/mol. The lowest BCUT2D eigenvalue weighted by Crippen LogP contribution is -2.39. The van der Waals surface area contributed by atoms with E-state index in [-0.39, 0.29) is 17.3 Å². The van der Waals surface area contributed by atoms with Crippen molar-refractivity contribution < 1.29 is 14.6 Å². The molecule has 3 nitrogen and oxygen atoms in total. The van der Waals surface area contributed by atoms with Gasteiger partial charge in [-0.2, -0.15) is 0 Å². The lowest BCUT2D eigenvalue weighted by Gasteiger charge is -2.38. The van der Waals surface area contributed by atoms with Crippen LogP contribution < -0.4 is 0 Å². The molecule has 0 radical (unpaired) electrons. The minimum Gasteiger partial charge on any atom is -0.512 e. The van der Waals surface area contributed by atoms with Crippen LogP contribution in [0.2, 0.25) is 0 Å². The second-order valence-electron chi connectivity index (χ2n) is 3.98. The van der Waals surface area contributed by atoms with Crippen molar-refractivity contribution in [3.8, 4) is 0 Å². The molecule has 2 aliphatic rings. The van der Waals surface area contributed by atoms with Gasteiger partial charge >= 0.3 is 5.97 Å². The van der Waals surface area contributed by atoms with Gasteiger partial charge in [-0.1, -0.05) is 6.42 Å². The van der Waals surface area contributed by atoms with Crippen LogP contribution in [0.5, 0.6) is 0 Å². The first-order chi connectivity index (χ1) is 6.20. The molecule has 1 heterocycles. The Kier molecular flexibility index (Phi) is 2.02. The zero-order chi connectivity index (χ0) is 9.31. The highest BCUT2D eigenvalue weighted by molar-refractivity contribution is 5.83. The highest BCUT2D eigenvalue weighted by atomic mass is 16.6. The molecule has 1 N–H and O–H groups in total. The number of rotatable bonds is 0. The van der Waals surface area contributed by atoms with E-state index in [0.29, 0.717) is 6.42 Å². The van der Waals surface area contributed by atoms with E-state index in [9.17, 15) is 9.90 Å². The Labute approximate surface area is 77.4 Å². The van der Waals surface area contributed by atoms with Crippen LogP contribution in [0.15, 0.2) is 11.8 Å². The predicted octanol–water partition coefficient (Wildman–Crippen LogP) is 2.08. The van der Waals surface area contributed by atoms with Crippen molar-refractivity contribution in [3.63, 3.8) is 0 Å². The number of carbonyl (C=O) groups is 1. The summed E-state index contributed by atoms with van der Waals surface area (Å²) < 4.78 is 5.31. The molecule has 1 fully saturated rings. The summed E-state index contributed by atoms with van der Waals surface area (Å²) in [7, 11) is 0. The third kappa shape index (κ3) is 1.69. The molecular weight excluding hydrogens is 168 g/mol. The van der Waals surface area contributed by atoms with E-state index in [2.05, 4.69) is 0 Å². The molecule has 13 heavy (non-hydrogen) atoms. The van der Waals surface area contributed by atoms with Gasteiger partial charge in [-0.25, -0.2) is 4.79 Å². The van der Waals surface area contributed by atoms with Crippen molar-refractivity contribution in [2.24, 2.45) is 0 Å². The van der Waals surface area contributed by atoms with E-state index in [1.807, 2.05) is 0 Å². The molecule has 72 valence electrons. The van der Waals surface area contributed by atoms with Gasteiger partial charge in [-0.15, -0.1) is 0 Å². The number of hydrogen-bond acceptors (Lipinski definition) is 3. The van der Waals surface area contributed by atoms with Gasteiger partial charge in [-0.05, 0) is 25.7 Å². The van der Waals surface area contributed by atoms with E-state index in [0.717, 1.165) is 25.7 Å². The summed E-state index contributed by atoms with van der Waals surface area (Å²) in [6, 6.07) is 0. The first-order valence-electron chi connectivity index (χ1n) is 4.83. The zero-order valence-electron chi connectivity index (χ0n) is 7.58. The SMILES string of the molecule is O=C1C=C(O)CC2(CCCCC2)O1. The monoisotopic (exact) mass is 182 g/mol. The molecule has 1 saturated carbocycles. The van der Waals surface area contributed by atoms with Crippen LogP contribution >= 0.6 is 0 Å². The minimum absolute atomic E-state index is 0.179. The molecule has 0 atom stereocenters. The number of ether oxygens (including phenoxy) is 1. The summed E-state index contributed by atoms with van der Waals surface area (Å²) in [5.41, 5.74) is -0.367. The fraction of sp³-hybridized carbons (Fsp3) is 0.700. The third-order valence-electron chi connectivity index (χ3n) is 2.87. The third-order valence-corrected chi connectivity index (χ3v) is 2.87. The molecule has 1 aliphatic carbocycles. The number of carbonyl (C=O) groups excluding carboxylic acids is 1. The maximum Gasteiger partial charge on any atom is 0.334 e. The van der Waals surface area contributed by atoms with Crippen LogP contribution in [0, 0.1) is 0 Å². The topological polar surface area (TPSA) is 46.5 Å². The molecule has 0 amide bonds. The fourth-order valence-electron chi connectivity index (χ4n) is 2.27. The molecule has 2 rings (SSSR count). The second kappa shape index (κ2) is 3.05. The zero-order valence-corrected chi connectivity index (χ0v) is 7.58. The van der Waals surface area contributed by atoms with Gasteiger partial charge in [0.25, 0.3) is 0 Å². The minimum atomic E-state index is -0.384. The summed E-state index contributed by atoms with van der Waals surface area (Å²) in [4.78, 5) is 11.1. The summed E-state index contributed by atoms with van der Waals surface area (Å²) in [6.45, 7) is 0. The van der Waals surface area contributed by atoms with Crippen molar-refractivity contribution >= 4 is 5.97 Å². The molecular formula is C10H14O3. The molecule has 0 saturated heterocycles. The Morgan fingerprint density at radius 2 is 2.00 bits per heavy atom. The molecule has 3 heteroatoms. The lowest BCUT2D eigenvalue weighted by atomic mass is 9.81. The van der Waals surface area contributed by atoms with Gasteiger partial charge in [0, 0.05) is 6.42 Å². The van der Waals surface area contributed by atoms with Crippen molar-refractivity contribution in [1.29, 1.82) is 0 Å². The smallest absolute Gasteiger partial charge is 0.334 e. The van der Waals surface area contributed by atoms with Crippen LogP contribution in [0.4, 0.5) is 0 Å². The Balaban J connectivity index is 2.15. The molecule has 0 aromatic rings. The molecule has 0 aromatic heterocycles. The van der Waals surface area contributed by atoms with Crippen molar-refractivity contribution in [1.82, 2.24) is 0 Å². The maximum atomic E-state index is 11.1. The Bertz CT molecular complexity index is 249. The largest absolute Gasteiger partial charge is 0.512 e. The normalized spacial score (nSPS) is 26.8. The molecule has 1 aliphatic heterocycles. The quantitative estimate of drug-likeness (QED) is 0.583. The highest BCUT2D eigenvalue weighted by Crippen LogP contribution is 2.38. The molecule has 0 bridgehead atoms. The van der Waals surface area contributed by atoms with Gasteiger partial charge in [0.05, 0.1) is 6.08 Å². The summed E-state index contributed by atoms with van der Waals surface area (Å²) >= 11 is 0. The molecule has 0 unspecified atom stereocenters. The van der Waals surface area contributed by atoms with Gasteiger partial charge in [-0.3, -0.25) is 0 Å². The standard InChI is InChI=1S/C10H14O3/c11-8-6-9(12)13-10(7-8)4-2-1-3-5-10/h6,11H,1-5,7H2. The van der Waals surface area contributed by atoms with Gasteiger partial charge in [0.15, 0.2) is 0 Å². The Morgan fingerprint density at radius 1 is 1.31 bits per heavy atom. The Morgan fingerprint density at radius 3 is 2.62 bits per heavy atom. The first kappa shape index (κ1) is 8.60. The van der Waals surface area contributed by atoms with Crippen LogP contribution in [0.25, 0.3) is 0 Å². The van der Waals surface area contributed by atoms with E-state index < -0.39 is 0 Å². The van der Waals surface area contributed by atoms with E-state index in [4.69, 9.17) is 4.74 Å². The van der Waals surface area contributed by atoms with E-state index in [1.54, 1.807) is 0 Å². The van der Waals surface area contributed by atoms with Gasteiger partial charge in [0.2, 0.25) is 0 Å². The fourth-order valence-corrected chi connectivity index (χ4v) is 2.27. The molecule has 0 aromatic carbocycles. The maximum absolute atomic E-state index is 11.1. The molecule has 1 spiro atoms. The first-order valence-corrected chi connectivity index (χ1v) is 4.83. The second-order valence-corrected chi connectivity index (χ2v) is 3.98. The van der Waals surface area contributed by atoms with Gasteiger partial charge in [0.1, 0.15) is 11.4 Å². The summed E-state index contributed by atoms with van der Waals surface area (Å²) in [6.07, 6.45) is 6.90. The van der Waals surface area contributed by atoms with Crippen molar-refractivity contribution in [2.75, 3.05) is 0 Å². The Hall–Kier alpha value is -0.990. The number of hydrogen-bond donors (Lipinski definition) is 1. The van der Waals surface area contributed by atoms with Crippen LogP contribution in [0.3, 0.4) is 0 Å². The lowest BCUT2D eigenvalue weighted by molar-refractivity contribution is -0.160. The van der Waals surface area contributed by atoms with Gasteiger partial charge < -0.3 is 9.84 Å². The average molecular weight is 182 g/mol. The van der Waals surface area contributed by atoms with Crippen molar-refractivity contribution in [3.05, 3.63) is 11.8 Å². The van der Waals surface area contributed by atoms with E-state index >= 15 is 0 Å². The summed E-state index contributed by atoms with van der Waals surface area (Å²) in [5, 5.41) is 9.36. The van der Waals surface area contributed by atoms with Crippen LogP contribution in [-0.2, 0) is 9.53 Å². The number of esters is 1. The number of aliphatic hydroxyl groups excluding tert-OH is 1. The summed E-state index contributed by atoms with van der Waals surface area (Å²) in [5.74, 6) is -0.205. The highest BCUT2D eigenvalue weighted by Gasteiger charge is 2.39. The van der Waals surface area contributed by atoms with Crippen LogP contribution in [-0.4, -0.2) is 16.7 Å². The average Bonchev–Trinajstić information content (AvgIpc) is 2.02.